The summed E-state index contributed by atoms with van der Waals surface area (Å²) in [4.78, 5) is 9.10. The summed E-state index contributed by atoms with van der Waals surface area (Å²) in [6.07, 6.45) is 0.916. The van der Waals surface area contributed by atoms with Crippen molar-refractivity contribution in [1.29, 1.82) is 0 Å². The molecule has 1 rings (SSSR count). The second-order valence-electron chi connectivity index (χ2n) is 4.97. The van der Waals surface area contributed by atoms with E-state index in [1.165, 1.54) is 5.01 Å². The first-order chi connectivity index (χ1) is 10.2. The van der Waals surface area contributed by atoms with E-state index in [2.05, 4.69) is 46.8 Å². The van der Waals surface area contributed by atoms with Gasteiger partial charge in [0.2, 0.25) is 0 Å². The number of guanidine groups is 1. The number of nitrogens with one attached hydrogen (secondary N) is 2. The van der Waals surface area contributed by atoms with Crippen LogP contribution in [-0.2, 0) is 11.2 Å². The van der Waals surface area contributed by atoms with E-state index >= 15 is 0 Å². The SMILES string of the molecule is CCNC(=NCCOCC)NCCc1csc(C(C)C)n1. The van der Waals surface area contributed by atoms with Gasteiger partial charge in [0, 0.05) is 37.4 Å². The molecule has 6 heteroatoms. The van der Waals surface area contributed by atoms with Crippen LogP contribution in [0.1, 0.15) is 44.3 Å². The molecule has 0 bridgehead atoms. The molecule has 1 aromatic heterocycles. The van der Waals surface area contributed by atoms with Crippen molar-refractivity contribution < 1.29 is 4.74 Å². The van der Waals surface area contributed by atoms with Gasteiger partial charge in [-0.3, -0.25) is 4.99 Å². The zero-order valence-corrected chi connectivity index (χ0v) is 14.4. The Hall–Kier alpha value is -1.14. The third-order valence-electron chi connectivity index (χ3n) is 2.79. The lowest BCUT2D eigenvalue weighted by Crippen LogP contribution is -2.38. The van der Waals surface area contributed by atoms with E-state index < -0.39 is 0 Å². The Kier molecular flexibility index (Phi) is 9.01. The van der Waals surface area contributed by atoms with Gasteiger partial charge in [0.25, 0.3) is 0 Å². The Labute approximate surface area is 132 Å². The van der Waals surface area contributed by atoms with Gasteiger partial charge in [-0.2, -0.15) is 0 Å². The maximum atomic E-state index is 5.29. The molecule has 1 heterocycles. The van der Waals surface area contributed by atoms with Gasteiger partial charge < -0.3 is 15.4 Å². The van der Waals surface area contributed by atoms with Crippen LogP contribution >= 0.6 is 11.3 Å². The molecule has 0 fully saturated rings. The molecule has 0 saturated heterocycles. The number of aromatic nitrogens is 1. The van der Waals surface area contributed by atoms with Crippen molar-refractivity contribution in [3.63, 3.8) is 0 Å². The number of hydrogen-bond acceptors (Lipinski definition) is 4. The van der Waals surface area contributed by atoms with E-state index in [0.717, 1.165) is 37.8 Å². The molecule has 0 spiro atoms. The van der Waals surface area contributed by atoms with Gasteiger partial charge in [-0.1, -0.05) is 13.8 Å². The summed E-state index contributed by atoms with van der Waals surface area (Å²) in [7, 11) is 0. The maximum Gasteiger partial charge on any atom is 0.191 e. The second kappa shape index (κ2) is 10.6. The van der Waals surface area contributed by atoms with E-state index in [4.69, 9.17) is 4.74 Å². The summed E-state index contributed by atoms with van der Waals surface area (Å²) < 4.78 is 5.29. The fourth-order valence-corrected chi connectivity index (χ4v) is 2.59. The van der Waals surface area contributed by atoms with Gasteiger partial charge in [-0.25, -0.2) is 4.98 Å². The van der Waals surface area contributed by atoms with Crippen LogP contribution in [0.15, 0.2) is 10.4 Å². The number of hydrogen-bond donors (Lipinski definition) is 2. The minimum atomic E-state index is 0.508. The molecule has 0 aliphatic rings. The van der Waals surface area contributed by atoms with Crippen molar-refractivity contribution in [3.05, 3.63) is 16.1 Å². The van der Waals surface area contributed by atoms with Crippen LogP contribution in [0.3, 0.4) is 0 Å². The average Bonchev–Trinajstić information content (AvgIpc) is 2.92. The van der Waals surface area contributed by atoms with Crippen LogP contribution in [-0.4, -0.2) is 43.8 Å². The van der Waals surface area contributed by atoms with Crippen molar-refractivity contribution in [2.75, 3.05) is 32.8 Å². The van der Waals surface area contributed by atoms with Crippen molar-refractivity contribution >= 4 is 17.3 Å². The van der Waals surface area contributed by atoms with E-state index in [-0.39, 0.29) is 0 Å². The zero-order chi connectivity index (χ0) is 15.5. The highest BCUT2D eigenvalue weighted by Crippen LogP contribution is 2.19. The molecule has 0 aromatic carbocycles. The first kappa shape index (κ1) is 17.9. The summed E-state index contributed by atoms with van der Waals surface area (Å²) in [5, 5.41) is 9.93. The van der Waals surface area contributed by atoms with Crippen molar-refractivity contribution in [3.8, 4) is 0 Å². The van der Waals surface area contributed by atoms with Gasteiger partial charge >= 0.3 is 0 Å². The molecule has 0 aliphatic heterocycles. The predicted molar refractivity (Wildman–Crippen MR) is 90.4 cm³/mol. The Morgan fingerprint density at radius 3 is 2.81 bits per heavy atom. The number of rotatable bonds is 9. The van der Waals surface area contributed by atoms with E-state index in [0.29, 0.717) is 19.1 Å². The third kappa shape index (κ3) is 7.43. The highest BCUT2D eigenvalue weighted by atomic mass is 32.1. The molecule has 2 N–H and O–H groups in total. The van der Waals surface area contributed by atoms with Crippen LogP contribution in [0.25, 0.3) is 0 Å². The molecular weight excluding hydrogens is 284 g/mol. The Morgan fingerprint density at radius 1 is 1.38 bits per heavy atom. The van der Waals surface area contributed by atoms with Crippen LogP contribution in [0.2, 0.25) is 0 Å². The summed E-state index contributed by atoms with van der Waals surface area (Å²) in [5.41, 5.74) is 1.15. The molecule has 0 amide bonds. The number of ether oxygens (including phenoxy) is 1. The van der Waals surface area contributed by atoms with Gasteiger partial charge in [0.15, 0.2) is 5.96 Å². The van der Waals surface area contributed by atoms with Gasteiger partial charge in [-0.05, 0) is 13.8 Å². The molecule has 1 aromatic rings. The number of nitrogens with zero attached hydrogens (tertiary/aromatic N) is 2. The van der Waals surface area contributed by atoms with Crippen LogP contribution < -0.4 is 10.6 Å². The molecule has 0 radical (unpaired) electrons. The standard InChI is InChI=1S/C15H28N4OS/c1-5-16-15(18-9-10-20-6-2)17-8-7-13-11-21-14(19-13)12(3)4/h11-12H,5-10H2,1-4H3,(H2,16,17,18). The fourth-order valence-electron chi connectivity index (χ4n) is 1.72. The molecule has 0 saturated carbocycles. The van der Waals surface area contributed by atoms with E-state index in [1.54, 1.807) is 11.3 Å². The molecule has 5 nitrogen and oxygen atoms in total. The molecule has 0 aliphatic carbocycles. The Morgan fingerprint density at radius 2 is 2.19 bits per heavy atom. The van der Waals surface area contributed by atoms with Gasteiger partial charge in [-0.15, -0.1) is 11.3 Å². The maximum absolute atomic E-state index is 5.29. The summed E-state index contributed by atoms with van der Waals surface area (Å²) in [5.74, 6) is 1.35. The Balaban J connectivity index is 2.34. The largest absolute Gasteiger partial charge is 0.380 e. The fraction of sp³-hybridized carbons (Fsp3) is 0.733. The lowest BCUT2D eigenvalue weighted by molar-refractivity contribution is 0.155. The molecule has 120 valence electrons. The predicted octanol–water partition coefficient (Wildman–Crippen LogP) is 2.40. The van der Waals surface area contributed by atoms with Crippen molar-refractivity contribution in [2.45, 2.75) is 40.0 Å². The third-order valence-corrected chi connectivity index (χ3v) is 3.98. The quantitative estimate of drug-likeness (QED) is 0.418. The minimum absolute atomic E-state index is 0.508. The van der Waals surface area contributed by atoms with Crippen LogP contribution in [0.4, 0.5) is 0 Å². The average molecular weight is 312 g/mol. The lowest BCUT2D eigenvalue weighted by Gasteiger charge is -2.10. The van der Waals surface area contributed by atoms with Crippen molar-refractivity contribution in [2.24, 2.45) is 4.99 Å². The lowest BCUT2D eigenvalue weighted by atomic mass is 10.2. The topological polar surface area (TPSA) is 58.5 Å². The minimum Gasteiger partial charge on any atom is -0.380 e. The highest BCUT2D eigenvalue weighted by molar-refractivity contribution is 7.09. The summed E-state index contributed by atoms with van der Waals surface area (Å²) in [6, 6.07) is 0. The van der Waals surface area contributed by atoms with E-state index in [1.807, 2.05) is 6.92 Å². The van der Waals surface area contributed by atoms with Gasteiger partial charge in [0.1, 0.15) is 0 Å². The first-order valence-corrected chi connectivity index (χ1v) is 8.59. The highest BCUT2D eigenvalue weighted by Gasteiger charge is 2.05. The normalized spacial score (nSPS) is 12.0. The zero-order valence-electron chi connectivity index (χ0n) is 13.6. The number of thiazole rings is 1. The monoisotopic (exact) mass is 312 g/mol. The smallest absolute Gasteiger partial charge is 0.191 e. The van der Waals surface area contributed by atoms with Gasteiger partial charge in [0.05, 0.1) is 23.9 Å². The molecular formula is C15H28N4OS. The van der Waals surface area contributed by atoms with Crippen molar-refractivity contribution in [1.82, 2.24) is 15.6 Å². The van der Waals surface area contributed by atoms with Crippen LogP contribution in [0, 0.1) is 0 Å². The Bertz CT molecular complexity index is 418. The van der Waals surface area contributed by atoms with Crippen LogP contribution in [0.5, 0.6) is 0 Å². The number of aliphatic imine (C=N–C) groups is 1. The summed E-state index contributed by atoms with van der Waals surface area (Å²) in [6.45, 7) is 12.2. The van der Waals surface area contributed by atoms with E-state index in [9.17, 15) is 0 Å². The summed E-state index contributed by atoms with van der Waals surface area (Å²) >= 11 is 1.74. The molecule has 0 atom stereocenters. The first-order valence-electron chi connectivity index (χ1n) is 7.71. The second-order valence-corrected chi connectivity index (χ2v) is 5.86. The molecule has 0 unspecified atom stereocenters. The molecule has 21 heavy (non-hydrogen) atoms.